The summed E-state index contributed by atoms with van der Waals surface area (Å²) in [6.45, 7) is 0. The molecule has 1 aliphatic rings. The standard InChI is InChI=1S/C22H19N3O2/c26-20-13-17(16-9-5-2-6-10-16)12-19-18(20)14-23-22(24-19)25-21(27)11-15-7-3-1-4-8-15/h1-10,14,17H,11-13H2,(H,23,24,25,27)/t17-/m0/s1. The Balaban J connectivity index is 1.51. The fourth-order valence-electron chi connectivity index (χ4n) is 3.42. The summed E-state index contributed by atoms with van der Waals surface area (Å²) < 4.78 is 0. The summed E-state index contributed by atoms with van der Waals surface area (Å²) in [7, 11) is 0. The minimum atomic E-state index is -0.178. The highest BCUT2D eigenvalue weighted by Gasteiger charge is 2.28. The monoisotopic (exact) mass is 357 g/mol. The number of hydrogen-bond donors (Lipinski definition) is 1. The van der Waals surface area contributed by atoms with Gasteiger partial charge in [-0.1, -0.05) is 60.7 Å². The minimum Gasteiger partial charge on any atom is -0.294 e. The van der Waals surface area contributed by atoms with Crippen LogP contribution >= 0.6 is 0 Å². The van der Waals surface area contributed by atoms with Crippen molar-refractivity contribution in [1.82, 2.24) is 9.97 Å². The van der Waals surface area contributed by atoms with Gasteiger partial charge < -0.3 is 0 Å². The second-order valence-electron chi connectivity index (χ2n) is 6.70. The van der Waals surface area contributed by atoms with Gasteiger partial charge in [-0.15, -0.1) is 0 Å². The first-order chi connectivity index (χ1) is 13.2. The number of carbonyl (C=O) groups excluding carboxylic acids is 2. The van der Waals surface area contributed by atoms with Crippen LogP contribution in [-0.2, 0) is 17.6 Å². The Morgan fingerprint density at radius 3 is 2.44 bits per heavy atom. The number of fused-ring (bicyclic) bond motifs is 1. The number of anilines is 1. The molecule has 1 N–H and O–H groups in total. The number of benzene rings is 2. The molecule has 0 aliphatic heterocycles. The van der Waals surface area contributed by atoms with Crippen molar-refractivity contribution >= 4 is 17.6 Å². The van der Waals surface area contributed by atoms with Crippen molar-refractivity contribution in [2.75, 3.05) is 5.32 Å². The van der Waals surface area contributed by atoms with Gasteiger partial charge in [0.2, 0.25) is 11.9 Å². The maximum absolute atomic E-state index is 12.5. The van der Waals surface area contributed by atoms with Gasteiger partial charge in [0.1, 0.15) is 0 Å². The van der Waals surface area contributed by atoms with Gasteiger partial charge in [0.25, 0.3) is 0 Å². The number of hydrogen-bond acceptors (Lipinski definition) is 4. The summed E-state index contributed by atoms with van der Waals surface area (Å²) in [5.41, 5.74) is 3.31. The molecule has 0 fully saturated rings. The molecule has 0 unspecified atom stereocenters. The Labute approximate surface area is 157 Å². The van der Waals surface area contributed by atoms with E-state index in [0.29, 0.717) is 24.1 Å². The van der Waals surface area contributed by atoms with Crippen molar-refractivity contribution in [2.45, 2.75) is 25.2 Å². The summed E-state index contributed by atoms with van der Waals surface area (Å²) in [5, 5.41) is 2.74. The summed E-state index contributed by atoms with van der Waals surface area (Å²) in [4.78, 5) is 33.3. The lowest BCUT2D eigenvalue weighted by Gasteiger charge is -2.23. The third kappa shape index (κ3) is 3.92. The average Bonchev–Trinajstić information content (AvgIpc) is 2.69. The Bertz CT molecular complexity index is 971. The molecule has 1 aromatic heterocycles. The summed E-state index contributed by atoms with van der Waals surface area (Å²) in [6, 6.07) is 19.5. The Morgan fingerprint density at radius 1 is 1.00 bits per heavy atom. The number of Topliss-reactive ketones (excluding diaryl/α,β-unsaturated/α-hetero) is 1. The Hall–Kier alpha value is -3.34. The number of ketones is 1. The van der Waals surface area contributed by atoms with Crippen molar-refractivity contribution in [3.8, 4) is 0 Å². The zero-order valence-electron chi connectivity index (χ0n) is 14.8. The zero-order valence-corrected chi connectivity index (χ0v) is 14.8. The lowest BCUT2D eigenvalue weighted by molar-refractivity contribution is -0.115. The zero-order chi connectivity index (χ0) is 18.6. The van der Waals surface area contributed by atoms with E-state index in [-0.39, 0.29) is 30.0 Å². The number of aromatic nitrogens is 2. The fraction of sp³-hybridized carbons (Fsp3) is 0.182. The summed E-state index contributed by atoms with van der Waals surface area (Å²) in [6.07, 6.45) is 2.91. The van der Waals surface area contributed by atoms with Crippen LogP contribution in [0.4, 0.5) is 5.95 Å². The van der Waals surface area contributed by atoms with Crippen LogP contribution in [0.1, 0.15) is 39.5 Å². The predicted molar refractivity (Wildman–Crippen MR) is 103 cm³/mol. The van der Waals surface area contributed by atoms with Crippen molar-refractivity contribution < 1.29 is 9.59 Å². The van der Waals surface area contributed by atoms with Gasteiger partial charge in [-0.25, -0.2) is 9.97 Å². The SMILES string of the molecule is O=C(Cc1ccccc1)Nc1ncc2c(n1)C[C@H](c1ccccc1)CC2=O. The topological polar surface area (TPSA) is 72.0 Å². The lowest BCUT2D eigenvalue weighted by Crippen LogP contribution is -2.23. The first kappa shape index (κ1) is 17.1. The van der Waals surface area contributed by atoms with Gasteiger partial charge in [0.15, 0.2) is 5.78 Å². The largest absolute Gasteiger partial charge is 0.294 e. The van der Waals surface area contributed by atoms with Crippen LogP contribution in [0, 0.1) is 0 Å². The highest BCUT2D eigenvalue weighted by atomic mass is 16.1. The van der Waals surface area contributed by atoms with Crippen molar-refractivity contribution in [1.29, 1.82) is 0 Å². The molecule has 1 atom stereocenters. The Kier molecular flexibility index (Phi) is 4.75. The van der Waals surface area contributed by atoms with Gasteiger partial charge in [0, 0.05) is 12.6 Å². The molecule has 134 valence electrons. The van der Waals surface area contributed by atoms with Crippen LogP contribution in [0.15, 0.2) is 66.9 Å². The molecule has 0 bridgehead atoms. The average molecular weight is 357 g/mol. The third-order valence-electron chi connectivity index (χ3n) is 4.77. The molecule has 0 saturated heterocycles. The van der Waals surface area contributed by atoms with Crippen LogP contribution < -0.4 is 5.32 Å². The molecule has 27 heavy (non-hydrogen) atoms. The fourth-order valence-corrected chi connectivity index (χ4v) is 3.42. The normalized spacial score (nSPS) is 15.9. The van der Waals surface area contributed by atoms with Crippen LogP contribution in [0.25, 0.3) is 0 Å². The van der Waals surface area contributed by atoms with E-state index in [0.717, 1.165) is 11.1 Å². The highest BCUT2D eigenvalue weighted by Crippen LogP contribution is 2.31. The predicted octanol–water partition coefficient (Wildman–Crippen LogP) is 3.57. The number of nitrogens with one attached hydrogen (secondary N) is 1. The number of rotatable bonds is 4. The maximum atomic E-state index is 12.5. The summed E-state index contributed by atoms with van der Waals surface area (Å²) >= 11 is 0. The van der Waals surface area contributed by atoms with Gasteiger partial charge in [-0.3, -0.25) is 14.9 Å². The van der Waals surface area contributed by atoms with Crippen LogP contribution in [0.2, 0.25) is 0 Å². The quantitative estimate of drug-likeness (QED) is 0.775. The van der Waals surface area contributed by atoms with E-state index in [2.05, 4.69) is 15.3 Å². The van der Waals surface area contributed by atoms with E-state index in [1.807, 2.05) is 60.7 Å². The van der Waals surface area contributed by atoms with Crippen molar-refractivity contribution in [3.05, 3.63) is 89.2 Å². The molecule has 1 amide bonds. The van der Waals surface area contributed by atoms with E-state index in [1.165, 1.54) is 6.20 Å². The molecule has 2 aromatic carbocycles. The first-order valence-corrected chi connectivity index (χ1v) is 8.97. The van der Waals surface area contributed by atoms with Crippen LogP contribution in [0.5, 0.6) is 0 Å². The summed E-state index contributed by atoms with van der Waals surface area (Å²) in [5.74, 6) is 0.223. The molecule has 0 radical (unpaired) electrons. The number of nitrogens with zero attached hydrogens (tertiary/aromatic N) is 2. The third-order valence-corrected chi connectivity index (χ3v) is 4.77. The number of amides is 1. The van der Waals surface area contributed by atoms with Gasteiger partial charge in [0.05, 0.1) is 17.7 Å². The molecule has 3 aromatic rings. The molecular formula is C22H19N3O2. The molecule has 1 aliphatic carbocycles. The Morgan fingerprint density at radius 2 is 1.70 bits per heavy atom. The molecule has 4 rings (SSSR count). The van der Waals surface area contributed by atoms with E-state index in [1.54, 1.807) is 0 Å². The van der Waals surface area contributed by atoms with Crippen molar-refractivity contribution in [3.63, 3.8) is 0 Å². The minimum absolute atomic E-state index is 0.0484. The van der Waals surface area contributed by atoms with E-state index in [9.17, 15) is 9.59 Å². The molecule has 0 saturated carbocycles. The first-order valence-electron chi connectivity index (χ1n) is 8.97. The maximum Gasteiger partial charge on any atom is 0.231 e. The van der Waals surface area contributed by atoms with Gasteiger partial charge >= 0.3 is 0 Å². The molecule has 0 spiro atoms. The van der Waals surface area contributed by atoms with Gasteiger partial charge in [-0.2, -0.15) is 0 Å². The van der Waals surface area contributed by atoms with E-state index < -0.39 is 0 Å². The van der Waals surface area contributed by atoms with E-state index >= 15 is 0 Å². The second kappa shape index (κ2) is 7.50. The molecule has 5 nitrogen and oxygen atoms in total. The molecular weight excluding hydrogens is 338 g/mol. The second-order valence-corrected chi connectivity index (χ2v) is 6.70. The smallest absolute Gasteiger partial charge is 0.231 e. The number of carbonyl (C=O) groups is 2. The van der Waals surface area contributed by atoms with Crippen molar-refractivity contribution in [2.24, 2.45) is 0 Å². The highest BCUT2D eigenvalue weighted by molar-refractivity contribution is 5.99. The molecule has 5 heteroatoms. The van der Waals surface area contributed by atoms with E-state index in [4.69, 9.17) is 0 Å². The van der Waals surface area contributed by atoms with Crippen LogP contribution in [-0.4, -0.2) is 21.7 Å². The lowest BCUT2D eigenvalue weighted by atomic mass is 9.82. The van der Waals surface area contributed by atoms with Gasteiger partial charge in [-0.05, 0) is 23.5 Å². The van der Waals surface area contributed by atoms with Crippen LogP contribution in [0.3, 0.4) is 0 Å². The molecule has 1 heterocycles.